The summed E-state index contributed by atoms with van der Waals surface area (Å²) in [5.74, 6) is 0.878. The standard InChI is InChI=1S/C21H33N3O2/c1-2-14-26-20-10-7-8-18(15-20)16-22-21(25)24-13-4-3-9-19(24)17-23-11-5-6-12-23/h7-8,10,15,19H,2-6,9,11-14,16-17H2,1H3,(H,22,25)/t19-/m0/s1. The lowest BCUT2D eigenvalue weighted by Gasteiger charge is -2.37. The summed E-state index contributed by atoms with van der Waals surface area (Å²) in [5, 5.41) is 3.12. The molecule has 0 aliphatic carbocycles. The number of carbonyl (C=O) groups excluding carboxylic acids is 1. The van der Waals surface area contributed by atoms with Crippen molar-refractivity contribution in [2.24, 2.45) is 0 Å². The normalized spacial score (nSPS) is 21.0. The van der Waals surface area contributed by atoms with Crippen LogP contribution >= 0.6 is 0 Å². The van der Waals surface area contributed by atoms with Crippen molar-refractivity contribution in [1.82, 2.24) is 15.1 Å². The maximum absolute atomic E-state index is 12.8. The molecule has 1 N–H and O–H groups in total. The first-order valence-electron chi connectivity index (χ1n) is 10.2. The molecule has 2 aliphatic rings. The third-order valence-corrected chi connectivity index (χ3v) is 5.37. The van der Waals surface area contributed by atoms with Crippen molar-refractivity contribution in [1.29, 1.82) is 0 Å². The number of rotatable bonds is 7. The highest BCUT2D eigenvalue weighted by Gasteiger charge is 2.28. The molecule has 1 aromatic carbocycles. The predicted molar refractivity (Wildman–Crippen MR) is 104 cm³/mol. The van der Waals surface area contributed by atoms with Gasteiger partial charge < -0.3 is 19.9 Å². The quantitative estimate of drug-likeness (QED) is 0.808. The second kappa shape index (κ2) is 9.81. The largest absolute Gasteiger partial charge is 0.494 e. The van der Waals surface area contributed by atoms with Gasteiger partial charge in [0.05, 0.1) is 6.61 Å². The van der Waals surface area contributed by atoms with E-state index in [4.69, 9.17) is 4.74 Å². The first kappa shape index (κ1) is 19.0. The molecule has 5 heteroatoms. The monoisotopic (exact) mass is 359 g/mol. The van der Waals surface area contributed by atoms with Crippen molar-refractivity contribution in [3.63, 3.8) is 0 Å². The van der Waals surface area contributed by atoms with E-state index in [-0.39, 0.29) is 6.03 Å². The summed E-state index contributed by atoms with van der Waals surface area (Å²) < 4.78 is 5.68. The van der Waals surface area contributed by atoms with Gasteiger partial charge in [-0.2, -0.15) is 0 Å². The number of carbonyl (C=O) groups is 1. The Balaban J connectivity index is 1.52. The van der Waals surface area contributed by atoms with Crippen molar-refractivity contribution in [3.8, 4) is 5.75 Å². The molecule has 2 fully saturated rings. The van der Waals surface area contributed by atoms with Crippen molar-refractivity contribution in [2.45, 2.75) is 58.0 Å². The van der Waals surface area contributed by atoms with E-state index in [1.165, 1.54) is 32.4 Å². The number of piperidine rings is 1. The number of urea groups is 1. The second-order valence-electron chi connectivity index (χ2n) is 7.51. The highest BCUT2D eigenvalue weighted by atomic mass is 16.5. The van der Waals surface area contributed by atoms with E-state index in [9.17, 15) is 4.79 Å². The topological polar surface area (TPSA) is 44.8 Å². The smallest absolute Gasteiger partial charge is 0.317 e. The van der Waals surface area contributed by atoms with Crippen LogP contribution in [0.5, 0.6) is 5.75 Å². The van der Waals surface area contributed by atoms with Crippen LogP contribution in [0.3, 0.4) is 0 Å². The number of benzene rings is 1. The Kier molecular flexibility index (Phi) is 7.18. The summed E-state index contributed by atoms with van der Waals surface area (Å²) in [5.41, 5.74) is 1.08. The van der Waals surface area contributed by atoms with Gasteiger partial charge in [-0.1, -0.05) is 19.1 Å². The molecule has 1 atom stereocenters. The number of hydrogen-bond acceptors (Lipinski definition) is 3. The Labute approximate surface area is 157 Å². The van der Waals surface area contributed by atoms with E-state index in [0.717, 1.165) is 50.3 Å². The van der Waals surface area contributed by atoms with E-state index >= 15 is 0 Å². The molecule has 2 aliphatic heterocycles. The molecule has 5 nitrogen and oxygen atoms in total. The fraction of sp³-hybridized carbons (Fsp3) is 0.667. The third-order valence-electron chi connectivity index (χ3n) is 5.37. The molecular weight excluding hydrogens is 326 g/mol. The third kappa shape index (κ3) is 5.37. The first-order valence-corrected chi connectivity index (χ1v) is 10.2. The highest BCUT2D eigenvalue weighted by molar-refractivity contribution is 5.74. The van der Waals surface area contributed by atoms with Gasteiger partial charge in [0.25, 0.3) is 0 Å². The molecule has 2 saturated heterocycles. The minimum absolute atomic E-state index is 0.0776. The lowest BCUT2D eigenvalue weighted by molar-refractivity contribution is 0.127. The van der Waals surface area contributed by atoms with Gasteiger partial charge in [0, 0.05) is 25.7 Å². The van der Waals surface area contributed by atoms with Gasteiger partial charge in [-0.15, -0.1) is 0 Å². The maximum atomic E-state index is 12.8. The van der Waals surface area contributed by atoms with Crippen molar-refractivity contribution >= 4 is 6.03 Å². The number of nitrogens with one attached hydrogen (secondary N) is 1. The van der Waals surface area contributed by atoms with E-state index in [1.807, 2.05) is 24.3 Å². The Morgan fingerprint density at radius 2 is 2.00 bits per heavy atom. The van der Waals surface area contributed by atoms with Crippen LogP contribution in [-0.4, -0.2) is 54.7 Å². The van der Waals surface area contributed by atoms with Crippen molar-refractivity contribution < 1.29 is 9.53 Å². The molecular formula is C21H33N3O2. The number of amides is 2. The van der Waals surface area contributed by atoms with Crippen LogP contribution in [0.15, 0.2) is 24.3 Å². The SMILES string of the molecule is CCCOc1cccc(CNC(=O)N2CCCC[C@H]2CN2CCCC2)c1. The Morgan fingerprint density at radius 3 is 2.81 bits per heavy atom. The molecule has 26 heavy (non-hydrogen) atoms. The first-order chi connectivity index (χ1) is 12.8. The summed E-state index contributed by atoms with van der Waals surface area (Å²) in [6.45, 7) is 7.67. The van der Waals surface area contributed by atoms with Crippen LogP contribution in [0.25, 0.3) is 0 Å². The summed E-state index contributed by atoms with van der Waals surface area (Å²) >= 11 is 0. The number of likely N-dealkylation sites (tertiary alicyclic amines) is 2. The fourth-order valence-electron chi connectivity index (χ4n) is 3.97. The highest BCUT2D eigenvalue weighted by Crippen LogP contribution is 2.20. The van der Waals surface area contributed by atoms with Gasteiger partial charge in [-0.3, -0.25) is 0 Å². The van der Waals surface area contributed by atoms with Crippen LogP contribution in [0, 0.1) is 0 Å². The minimum atomic E-state index is 0.0776. The van der Waals surface area contributed by atoms with E-state index in [2.05, 4.69) is 22.0 Å². The molecule has 0 spiro atoms. The van der Waals surface area contributed by atoms with Gasteiger partial charge in [0.1, 0.15) is 5.75 Å². The number of nitrogens with zero attached hydrogens (tertiary/aromatic N) is 2. The van der Waals surface area contributed by atoms with Gasteiger partial charge in [0.2, 0.25) is 0 Å². The van der Waals surface area contributed by atoms with Gasteiger partial charge >= 0.3 is 6.03 Å². The molecule has 2 amide bonds. The van der Waals surface area contributed by atoms with Crippen LogP contribution in [-0.2, 0) is 6.54 Å². The van der Waals surface area contributed by atoms with Crippen LogP contribution < -0.4 is 10.1 Å². The Morgan fingerprint density at radius 1 is 1.19 bits per heavy atom. The molecule has 1 aromatic rings. The van der Waals surface area contributed by atoms with Crippen LogP contribution in [0.2, 0.25) is 0 Å². The number of ether oxygens (including phenoxy) is 1. The predicted octanol–water partition coefficient (Wildman–Crippen LogP) is 3.64. The zero-order chi connectivity index (χ0) is 18.2. The average molecular weight is 360 g/mol. The molecule has 0 bridgehead atoms. The van der Waals surface area contributed by atoms with E-state index < -0.39 is 0 Å². The lowest BCUT2D eigenvalue weighted by Crippen LogP contribution is -2.52. The zero-order valence-electron chi connectivity index (χ0n) is 16.1. The van der Waals surface area contributed by atoms with E-state index in [1.54, 1.807) is 0 Å². The zero-order valence-corrected chi connectivity index (χ0v) is 16.1. The molecule has 0 radical (unpaired) electrons. The molecule has 0 unspecified atom stereocenters. The molecule has 3 rings (SSSR count). The second-order valence-corrected chi connectivity index (χ2v) is 7.51. The van der Waals surface area contributed by atoms with Crippen LogP contribution in [0.1, 0.15) is 51.0 Å². The maximum Gasteiger partial charge on any atom is 0.317 e. The molecule has 0 saturated carbocycles. The van der Waals surface area contributed by atoms with Gasteiger partial charge in [0.15, 0.2) is 0 Å². The average Bonchev–Trinajstić information content (AvgIpc) is 3.18. The van der Waals surface area contributed by atoms with Gasteiger partial charge in [-0.05, 0) is 69.3 Å². The minimum Gasteiger partial charge on any atom is -0.494 e. The molecule has 2 heterocycles. The lowest BCUT2D eigenvalue weighted by atomic mass is 10.0. The summed E-state index contributed by atoms with van der Waals surface area (Å²) in [6, 6.07) is 8.46. The number of hydrogen-bond donors (Lipinski definition) is 1. The summed E-state index contributed by atoms with van der Waals surface area (Å²) in [6.07, 6.45) is 7.08. The van der Waals surface area contributed by atoms with E-state index in [0.29, 0.717) is 12.6 Å². The Bertz CT molecular complexity index is 572. The summed E-state index contributed by atoms with van der Waals surface area (Å²) in [4.78, 5) is 17.4. The molecule has 0 aromatic heterocycles. The van der Waals surface area contributed by atoms with Crippen molar-refractivity contribution in [2.75, 3.05) is 32.8 Å². The Hall–Kier alpha value is -1.75. The molecule has 144 valence electrons. The van der Waals surface area contributed by atoms with Crippen LogP contribution in [0.4, 0.5) is 4.79 Å². The fourth-order valence-corrected chi connectivity index (χ4v) is 3.97. The summed E-state index contributed by atoms with van der Waals surface area (Å²) in [7, 11) is 0. The van der Waals surface area contributed by atoms with Crippen molar-refractivity contribution in [3.05, 3.63) is 29.8 Å². The van der Waals surface area contributed by atoms with Gasteiger partial charge in [-0.25, -0.2) is 4.79 Å².